The standard InChI is InChI=1S/C14H18FNO/c1-3-16(9-11-7-8-11)14(17)12-6-4-5-10(2)13(12)15/h4-6,11H,3,7-9H2,1-2H3. The molecule has 92 valence electrons. The minimum atomic E-state index is -0.383. The lowest BCUT2D eigenvalue weighted by atomic mass is 10.1. The maximum absolute atomic E-state index is 13.9. The van der Waals surface area contributed by atoms with Gasteiger partial charge in [0.15, 0.2) is 0 Å². The Labute approximate surface area is 101 Å². The number of carbonyl (C=O) groups is 1. The van der Waals surface area contributed by atoms with Gasteiger partial charge in [0, 0.05) is 13.1 Å². The third-order valence-electron chi connectivity index (χ3n) is 3.27. The Morgan fingerprint density at radius 3 is 2.76 bits per heavy atom. The summed E-state index contributed by atoms with van der Waals surface area (Å²) >= 11 is 0. The van der Waals surface area contributed by atoms with Crippen molar-refractivity contribution in [3.63, 3.8) is 0 Å². The predicted octanol–water partition coefficient (Wildman–Crippen LogP) is 3.01. The minimum absolute atomic E-state index is 0.180. The van der Waals surface area contributed by atoms with Crippen LogP contribution in [0.15, 0.2) is 18.2 Å². The summed E-state index contributed by atoms with van der Waals surface area (Å²) in [6.07, 6.45) is 2.39. The van der Waals surface area contributed by atoms with Crippen molar-refractivity contribution in [2.75, 3.05) is 13.1 Å². The van der Waals surface area contributed by atoms with Gasteiger partial charge in [-0.15, -0.1) is 0 Å². The summed E-state index contributed by atoms with van der Waals surface area (Å²) in [7, 11) is 0. The van der Waals surface area contributed by atoms with E-state index in [1.807, 2.05) is 6.92 Å². The molecular weight excluding hydrogens is 217 g/mol. The number of halogens is 1. The number of hydrogen-bond donors (Lipinski definition) is 0. The fraction of sp³-hybridized carbons (Fsp3) is 0.500. The molecule has 0 spiro atoms. The quantitative estimate of drug-likeness (QED) is 0.785. The lowest BCUT2D eigenvalue weighted by Crippen LogP contribution is -2.33. The summed E-state index contributed by atoms with van der Waals surface area (Å²) in [5, 5.41) is 0. The second-order valence-electron chi connectivity index (χ2n) is 4.72. The molecule has 1 aromatic carbocycles. The number of aryl methyl sites for hydroxylation is 1. The van der Waals surface area contributed by atoms with Crippen LogP contribution in [-0.4, -0.2) is 23.9 Å². The fourth-order valence-corrected chi connectivity index (χ4v) is 1.95. The molecule has 0 radical (unpaired) electrons. The van der Waals surface area contributed by atoms with Crippen molar-refractivity contribution in [1.82, 2.24) is 4.90 Å². The molecule has 0 aromatic heterocycles. The molecule has 1 aromatic rings. The van der Waals surface area contributed by atoms with Crippen LogP contribution >= 0.6 is 0 Å². The van der Waals surface area contributed by atoms with E-state index in [1.165, 1.54) is 12.8 Å². The highest BCUT2D eigenvalue weighted by molar-refractivity contribution is 5.94. The van der Waals surface area contributed by atoms with E-state index in [-0.39, 0.29) is 17.3 Å². The molecule has 0 atom stereocenters. The average molecular weight is 235 g/mol. The Balaban J connectivity index is 2.18. The van der Waals surface area contributed by atoms with E-state index in [1.54, 1.807) is 30.0 Å². The van der Waals surface area contributed by atoms with Crippen LogP contribution in [0.1, 0.15) is 35.7 Å². The van der Waals surface area contributed by atoms with Gasteiger partial charge in [-0.25, -0.2) is 4.39 Å². The van der Waals surface area contributed by atoms with Gasteiger partial charge >= 0.3 is 0 Å². The molecule has 1 aliphatic rings. The summed E-state index contributed by atoms with van der Waals surface area (Å²) in [5.74, 6) is 0.0686. The first-order valence-electron chi connectivity index (χ1n) is 6.18. The van der Waals surface area contributed by atoms with E-state index < -0.39 is 0 Å². The molecule has 0 heterocycles. The Hall–Kier alpha value is -1.38. The fourth-order valence-electron chi connectivity index (χ4n) is 1.95. The summed E-state index contributed by atoms with van der Waals surface area (Å²) < 4.78 is 13.9. The van der Waals surface area contributed by atoms with Crippen molar-refractivity contribution < 1.29 is 9.18 Å². The Kier molecular flexibility index (Phi) is 3.46. The molecule has 0 aliphatic heterocycles. The van der Waals surface area contributed by atoms with Crippen molar-refractivity contribution in [2.24, 2.45) is 5.92 Å². The molecule has 1 fully saturated rings. The van der Waals surface area contributed by atoms with Crippen LogP contribution < -0.4 is 0 Å². The second-order valence-corrected chi connectivity index (χ2v) is 4.72. The van der Waals surface area contributed by atoms with Gasteiger partial charge in [-0.05, 0) is 44.2 Å². The van der Waals surface area contributed by atoms with E-state index in [9.17, 15) is 9.18 Å². The van der Waals surface area contributed by atoms with E-state index >= 15 is 0 Å². The topological polar surface area (TPSA) is 20.3 Å². The molecule has 0 saturated heterocycles. The molecule has 1 amide bonds. The highest BCUT2D eigenvalue weighted by atomic mass is 19.1. The van der Waals surface area contributed by atoms with Crippen LogP contribution in [0.25, 0.3) is 0 Å². The van der Waals surface area contributed by atoms with Crippen LogP contribution in [-0.2, 0) is 0 Å². The Morgan fingerprint density at radius 2 is 2.18 bits per heavy atom. The first kappa shape index (κ1) is 12.1. The van der Waals surface area contributed by atoms with Crippen LogP contribution in [0.2, 0.25) is 0 Å². The van der Waals surface area contributed by atoms with Crippen molar-refractivity contribution in [2.45, 2.75) is 26.7 Å². The second kappa shape index (κ2) is 4.86. The molecule has 0 bridgehead atoms. The van der Waals surface area contributed by atoms with Gasteiger partial charge in [-0.3, -0.25) is 4.79 Å². The van der Waals surface area contributed by atoms with Crippen LogP contribution in [0.3, 0.4) is 0 Å². The van der Waals surface area contributed by atoms with Gasteiger partial charge in [0.2, 0.25) is 0 Å². The molecular formula is C14H18FNO. The summed E-state index contributed by atoms with van der Waals surface area (Å²) in [6.45, 7) is 5.03. The first-order valence-corrected chi connectivity index (χ1v) is 6.18. The van der Waals surface area contributed by atoms with Crippen LogP contribution in [0, 0.1) is 18.7 Å². The summed E-state index contributed by atoms with van der Waals surface area (Å²) in [4.78, 5) is 13.9. The molecule has 2 nitrogen and oxygen atoms in total. The smallest absolute Gasteiger partial charge is 0.256 e. The number of carbonyl (C=O) groups excluding carboxylic acids is 1. The maximum Gasteiger partial charge on any atom is 0.256 e. The minimum Gasteiger partial charge on any atom is -0.339 e. The van der Waals surface area contributed by atoms with E-state index in [4.69, 9.17) is 0 Å². The summed E-state index contributed by atoms with van der Waals surface area (Å²) in [6, 6.07) is 4.99. The number of rotatable bonds is 4. The van der Waals surface area contributed by atoms with Crippen molar-refractivity contribution in [3.05, 3.63) is 35.1 Å². The van der Waals surface area contributed by atoms with Crippen molar-refractivity contribution in [3.8, 4) is 0 Å². The van der Waals surface area contributed by atoms with Crippen LogP contribution in [0.4, 0.5) is 4.39 Å². The highest BCUT2D eigenvalue weighted by Gasteiger charge is 2.27. The SMILES string of the molecule is CCN(CC1CC1)C(=O)c1cccc(C)c1F. The van der Waals surface area contributed by atoms with Gasteiger partial charge in [0.25, 0.3) is 5.91 Å². The third-order valence-corrected chi connectivity index (χ3v) is 3.27. The van der Waals surface area contributed by atoms with E-state index in [0.29, 0.717) is 18.0 Å². The highest BCUT2D eigenvalue weighted by Crippen LogP contribution is 2.30. The van der Waals surface area contributed by atoms with Crippen molar-refractivity contribution >= 4 is 5.91 Å². The number of amides is 1. The zero-order valence-corrected chi connectivity index (χ0v) is 10.4. The van der Waals surface area contributed by atoms with Gasteiger partial charge in [-0.2, -0.15) is 0 Å². The zero-order valence-electron chi connectivity index (χ0n) is 10.4. The van der Waals surface area contributed by atoms with Gasteiger partial charge in [0.05, 0.1) is 5.56 Å². The van der Waals surface area contributed by atoms with Gasteiger partial charge < -0.3 is 4.90 Å². The number of hydrogen-bond acceptors (Lipinski definition) is 1. The van der Waals surface area contributed by atoms with Gasteiger partial charge in [-0.1, -0.05) is 12.1 Å². The molecule has 2 rings (SSSR count). The predicted molar refractivity (Wildman–Crippen MR) is 65.4 cm³/mol. The lowest BCUT2D eigenvalue weighted by Gasteiger charge is -2.21. The molecule has 1 saturated carbocycles. The average Bonchev–Trinajstić information content (AvgIpc) is 3.13. The van der Waals surface area contributed by atoms with E-state index in [2.05, 4.69) is 0 Å². The molecule has 3 heteroatoms. The Bertz CT molecular complexity index is 426. The van der Waals surface area contributed by atoms with Crippen LogP contribution in [0.5, 0.6) is 0 Å². The molecule has 1 aliphatic carbocycles. The zero-order chi connectivity index (χ0) is 12.4. The molecule has 0 unspecified atom stereocenters. The molecule has 17 heavy (non-hydrogen) atoms. The largest absolute Gasteiger partial charge is 0.339 e. The maximum atomic E-state index is 13.9. The third kappa shape index (κ3) is 2.65. The lowest BCUT2D eigenvalue weighted by molar-refractivity contribution is 0.0752. The normalized spacial score (nSPS) is 14.8. The van der Waals surface area contributed by atoms with Gasteiger partial charge in [0.1, 0.15) is 5.82 Å². The monoisotopic (exact) mass is 235 g/mol. The Morgan fingerprint density at radius 1 is 1.47 bits per heavy atom. The molecule has 0 N–H and O–H groups in total. The van der Waals surface area contributed by atoms with E-state index in [0.717, 1.165) is 6.54 Å². The number of nitrogens with zero attached hydrogens (tertiary/aromatic N) is 1. The number of benzene rings is 1. The van der Waals surface area contributed by atoms with Crippen molar-refractivity contribution in [1.29, 1.82) is 0 Å². The summed E-state index contributed by atoms with van der Waals surface area (Å²) in [5.41, 5.74) is 0.728. The first-order chi connectivity index (χ1) is 8.13.